The Hall–Kier alpha value is -1.43. The van der Waals surface area contributed by atoms with E-state index in [1.807, 2.05) is 12.1 Å². The Bertz CT molecular complexity index is 730. The van der Waals surface area contributed by atoms with Crippen molar-refractivity contribution in [1.29, 1.82) is 0 Å². The lowest BCUT2D eigenvalue weighted by atomic mass is 10.3. The molecule has 21 heavy (non-hydrogen) atoms. The lowest BCUT2D eigenvalue weighted by Crippen LogP contribution is -2.32. The first-order chi connectivity index (χ1) is 10.1. The zero-order valence-corrected chi connectivity index (χ0v) is 12.9. The van der Waals surface area contributed by atoms with Gasteiger partial charge in [-0.3, -0.25) is 4.98 Å². The van der Waals surface area contributed by atoms with E-state index in [1.54, 1.807) is 34.9 Å². The second-order valence-electron chi connectivity index (χ2n) is 5.10. The Balaban J connectivity index is 1.93. The molecule has 1 fully saturated rings. The molecule has 4 nitrogen and oxygen atoms in total. The van der Waals surface area contributed by atoms with Crippen molar-refractivity contribution >= 4 is 21.6 Å². The molecule has 2 aromatic rings. The van der Waals surface area contributed by atoms with Crippen LogP contribution in [-0.4, -0.2) is 23.7 Å². The van der Waals surface area contributed by atoms with Crippen LogP contribution >= 0.6 is 11.6 Å². The second-order valence-corrected chi connectivity index (χ2v) is 7.43. The molecule has 6 heteroatoms. The summed E-state index contributed by atoms with van der Waals surface area (Å²) in [5.74, 6) is 0. The predicted octanol–water partition coefficient (Wildman–Crippen LogP) is 3.09. The van der Waals surface area contributed by atoms with Crippen LogP contribution in [0.4, 0.5) is 0 Å². The Morgan fingerprint density at radius 3 is 2.67 bits per heavy atom. The molecule has 0 atom stereocenters. The molecule has 1 saturated carbocycles. The summed E-state index contributed by atoms with van der Waals surface area (Å²) in [7, 11) is -3.54. The average molecular weight is 323 g/mol. The summed E-state index contributed by atoms with van der Waals surface area (Å²) in [6.07, 6.45) is 5.18. The highest BCUT2D eigenvalue weighted by atomic mass is 35.5. The lowest BCUT2D eigenvalue weighted by Gasteiger charge is -2.22. The van der Waals surface area contributed by atoms with Crippen LogP contribution in [0.25, 0.3) is 0 Å². The first-order valence-corrected chi connectivity index (χ1v) is 8.55. The largest absolute Gasteiger partial charge is 0.264 e. The van der Waals surface area contributed by atoms with Crippen molar-refractivity contribution in [1.82, 2.24) is 9.29 Å². The van der Waals surface area contributed by atoms with Gasteiger partial charge in [0.15, 0.2) is 0 Å². The van der Waals surface area contributed by atoms with Crippen molar-refractivity contribution in [2.75, 3.05) is 0 Å². The zero-order chi connectivity index (χ0) is 14.9. The fourth-order valence-electron chi connectivity index (χ4n) is 2.21. The molecular weight excluding hydrogens is 308 g/mol. The van der Waals surface area contributed by atoms with Gasteiger partial charge >= 0.3 is 0 Å². The zero-order valence-electron chi connectivity index (χ0n) is 11.3. The molecule has 0 bridgehead atoms. The second kappa shape index (κ2) is 5.75. The molecule has 110 valence electrons. The molecule has 1 aliphatic rings. The highest BCUT2D eigenvalue weighted by Crippen LogP contribution is 2.33. The van der Waals surface area contributed by atoms with Crippen molar-refractivity contribution in [3.63, 3.8) is 0 Å². The highest BCUT2D eigenvalue weighted by Gasteiger charge is 2.38. The summed E-state index contributed by atoms with van der Waals surface area (Å²) >= 11 is 5.92. The SMILES string of the molecule is O=S(=O)(c1cccc(Cl)c1)N(Cc1cccnc1)C1CC1. The van der Waals surface area contributed by atoms with E-state index in [2.05, 4.69) is 4.98 Å². The molecule has 0 radical (unpaired) electrons. The normalized spacial score (nSPS) is 15.3. The van der Waals surface area contributed by atoms with Crippen molar-refractivity contribution in [3.8, 4) is 0 Å². The summed E-state index contributed by atoms with van der Waals surface area (Å²) in [6.45, 7) is 0.341. The summed E-state index contributed by atoms with van der Waals surface area (Å²) in [5.41, 5.74) is 0.884. The third-order valence-corrected chi connectivity index (χ3v) is 5.55. The monoisotopic (exact) mass is 322 g/mol. The van der Waals surface area contributed by atoms with Gasteiger partial charge in [-0.1, -0.05) is 23.7 Å². The molecule has 0 N–H and O–H groups in total. The Morgan fingerprint density at radius 2 is 2.05 bits per heavy atom. The van der Waals surface area contributed by atoms with E-state index in [0.717, 1.165) is 18.4 Å². The van der Waals surface area contributed by atoms with Crippen molar-refractivity contribution in [2.24, 2.45) is 0 Å². The standard InChI is InChI=1S/C15H15ClN2O2S/c16-13-4-1-5-15(9-13)21(19,20)18(14-6-7-14)11-12-3-2-8-17-10-12/h1-5,8-10,14H,6-7,11H2. The first-order valence-electron chi connectivity index (χ1n) is 6.74. The summed E-state index contributed by atoms with van der Waals surface area (Å²) in [4.78, 5) is 4.29. The molecule has 1 aromatic heterocycles. The number of sulfonamides is 1. The Labute approximate surface area is 129 Å². The van der Waals surface area contributed by atoms with Crippen LogP contribution in [0.15, 0.2) is 53.7 Å². The molecule has 0 amide bonds. The molecule has 1 heterocycles. The van der Waals surface area contributed by atoms with Crippen LogP contribution in [-0.2, 0) is 16.6 Å². The van der Waals surface area contributed by atoms with Crippen LogP contribution in [0.2, 0.25) is 5.02 Å². The number of rotatable bonds is 5. The Kier molecular flexibility index (Phi) is 3.97. The van der Waals surface area contributed by atoms with E-state index in [4.69, 9.17) is 11.6 Å². The number of hydrogen-bond donors (Lipinski definition) is 0. The molecule has 3 rings (SSSR count). The predicted molar refractivity (Wildman–Crippen MR) is 81.4 cm³/mol. The van der Waals surface area contributed by atoms with Gasteiger partial charge in [0.2, 0.25) is 10.0 Å². The van der Waals surface area contributed by atoms with Gasteiger partial charge in [0.25, 0.3) is 0 Å². The maximum absolute atomic E-state index is 12.8. The molecule has 1 aliphatic carbocycles. The minimum Gasteiger partial charge on any atom is -0.264 e. The van der Waals surface area contributed by atoms with E-state index in [1.165, 1.54) is 6.07 Å². The molecule has 0 unspecified atom stereocenters. The summed E-state index contributed by atoms with van der Waals surface area (Å²) in [6, 6.07) is 10.2. The van der Waals surface area contributed by atoms with Gasteiger partial charge in [0.05, 0.1) is 4.90 Å². The smallest absolute Gasteiger partial charge is 0.243 e. The third-order valence-electron chi connectivity index (χ3n) is 3.42. The number of benzene rings is 1. The van der Waals surface area contributed by atoms with Crippen molar-refractivity contribution in [2.45, 2.75) is 30.3 Å². The maximum atomic E-state index is 12.8. The number of aromatic nitrogens is 1. The average Bonchev–Trinajstić information content (AvgIpc) is 3.30. The van der Waals surface area contributed by atoms with Crippen LogP contribution in [0.3, 0.4) is 0 Å². The van der Waals surface area contributed by atoms with E-state index in [9.17, 15) is 8.42 Å². The van der Waals surface area contributed by atoms with Gasteiger partial charge in [-0.15, -0.1) is 0 Å². The minimum absolute atomic E-state index is 0.0780. The fourth-order valence-corrected chi connectivity index (χ4v) is 4.18. The minimum atomic E-state index is -3.54. The number of halogens is 1. The molecule has 0 saturated heterocycles. The van der Waals surface area contributed by atoms with E-state index in [-0.39, 0.29) is 10.9 Å². The number of hydrogen-bond acceptors (Lipinski definition) is 3. The van der Waals surface area contributed by atoms with E-state index in [0.29, 0.717) is 11.6 Å². The molecule has 0 spiro atoms. The fraction of sp³-hybridized carbons (Fsp3) is 0.267. The molecule has 0 aliphatic heterocycles. The maximum Gasteiger partial charge on any atom is 0.243 e. The quantitative estimate of drug-likeness (QED) is 0.850. The van der Waals surface area contributed by atoms with E-state index < -0.39 is 10.0 Å². The summed E-state index contributed by atoms with van der Waals surface area (Å²) in [5, 5.41) is 0.424. The molecule has 1 aromatic carbocycles. The van der Waals surface area contributed by atoms with Gasteiger partial charge in [0.1, 0.15) is 0 Å². The highest BCUT2D eigenvalue weighted by molar-refractivity contribution is 7.89. The van der Waals surface area contributed by atoms with Crippen molar-refractivity contribution < 1.29 is 8.42 Å². The topological polar surface area (TPSA) is 50.3 Å². The van der Waals surface area contributed by atoms with Gasteiger partial charge in [-0.05, 0) is 42.7 Å². The van der Waals surface area contributed by atoms with Crippen LogP contribution in [0.5, 0.6) is 0 Å². The molecular formula is C15H15ClN2O2S. The van der Waals surface area contributed by atoms with Gasteiger partial charge in [-0.25, -0.2) is 8.42 Å². The van der Waals surface area contributed by atoms with E-state index >= 15 is 0 Å². The van der Waals surface area contributed by atoms with Gasteiger partial charge in [0, 0.05) is 30.0 Å². The summed E-state index contributed by atoms with van der Waals surface area (Å²) < 4.78 is 27.2. The third kappa shape index (κ3) is 3.26. The number of pyridine rings is 1. The van der Waals surface area contributed by atoms with Crippen LogP contribution in [0, 0.1) is 0 Å². The number of nitrogens with zero attached hydrogens (tertiary/aromatic N) is 2. The van der Waals surface area contributed by atoms with Gasteiger partial charge in [-0.2, -0.15) is 4.31 Å². The first kappa shape index (κ1) is 14.5. The lowest BCUT2D eigenvalue weighted by molar-refractivity contribution is 0.398. The Morgan fingerprint density at radius 1 is 1.24 bits per heavy atom. The van der Waals surface area contributed by atoms with Crippen LogP contribution < -0.4 is 0 Å². The van der Waals surface area contributed by atoms with Gasteiger partial charge < -0.3 is 0 Å². The van der Waals surface area contributed by atoms with Crippen molar-refractivity contribution in [3.05, 3.63) is 59.4 Å². The van der Waals surface area contributed by atoms with Crippen LogP contribution in [0.1, 0.15) is 18.4 Å².